The number of rotatable bonds is 5. The van der Waals surface area contributed by atoms with Gasteiger partial charge in [-0.3, -0.25) is 14.5 Å². The van der Waals surface area contributed by atoms with Crippen molar-refractivity contribution in [2.45, 2.75) is 33.2 Å². The molecule has 146 valence electrons. The Morgan fingerprint density at radius 3 is 2.68 bits per heavy atom. The molecule has 2 heterocycles. The van der Waals surface area contributed by atoms with Gasteiger partial charge in [0.05, 0.1) is 17.6 Å². The number of nitrogens with zero attached hydrogens (tertiary/aromatic N) is 1. The van der Waals surface area contributed by atoms with Crippen molar-refractivity contribution in [3.63, 3.8) is 0 Å². The third-order valence-corrected chi connectivity index (χ3v) is 5.55. The number of furan rings is 1. The zero-order valence-electron chi connectivity index (χ0n) is 16.1. The number of esters is 1. The number of benzene rings is 1. The molecule has 1 aromatic heterocycles. The first kappa shape index (κ1) is 19.9. The first-order valence-electron chi connectivity index (χ1n) is 8.92. The molecule has 0 aliphatic carbocycles. The van der Waals surface area contributed by atoms with Gasteiger partial charge in [-0.1, -0.05) is 13.0 Å². The number of thioether (sulfide) groups is 1. The predicted octanol–water partition coefficient (Wildman–Crippen LogP) is 4.88. The second-order valence-corrected chi connectivity index (χ2v) is 7.53. The summed E-state index contributed by atoms with van der Waals surface area (Å²) in [5.74, 6) is 0.412. The summed E-state index contributed by atoms with van der Waals surface area (Å²) in [5.41, 5.74) is 2.16. The van der Waals surface area contributed by atoms with E-state index in [1.807, 2.05) is 20.8 Å². The smallest absolute Gasteiger partial charge is 0.337 e. The highest BCUT2D eigenvalue weighted by Gasteiger charge is 2.37. The molecule has 1 aliphatic heterocycles. The highest BCUT2D eigenvalue weighted by atomic mass is 32.2. The maximum absolute atomic E-state index is 12.5. The third-order valence-electron chi connectivity index (χ3n) is 4.67. The summed E-state index contributed by atoms with van der Waals surface area (Å²) in [5, 5.41) is -0.258. The van der Waals surface area contributed by atoms with Crippen LogP contribution in [0.4, 0.5) is 4.79 Å². The lowest BCUT2D eigenvalue weighted by Gasteiger charge is -2.19. The number of methoxy groups -OCH3 is 1. The van der Waals surface area contributed by atoms with E-state index in [0.717, 1.165) is 22.9 Å². The van der Waals surface area contributed by atoms with Crippen molar-refractivity contribution >= 4 is 35.0 Å². The standard InChI is InChI=1S/C21H21NO5S/c1-5-13(3)22-19(23)18(28-21(22)25)11-15-7-9-17(27-15)16-8-6-14(10-12(16)2)20(24)26-4/h6-11,13H,5H2,1-4H3/b18-11+/t13-/m1/s1. The number of hydrogen-bond donors (Lipinski definition) is 0. The molecule has 2 aromatic rings. The van der Waals surface area contributed by atoms with Crippen LogP contribution in [0.3, 0.4) is 0 Å². The summed E-state index contributed by atoms with van der Waals surface area (Å²) >= 11 is 0.923. The van der Waals surface area contributed by atoms with Gasteiger partial charge < -0.3 is 9.15 Å². The van der Waals surface area contributed by atoms with Crippen LogP contribution in [0, 0.1) is 6.92 Å². The molecule has 28 heavy (non-hydrogen) atoms. The Balaban J connectivity index is 1.85. The van der Waals surface area contributed by atoms with Gasteiger partial charge in [-0.25, -0.2) is 4.79 Å². The van der Waals surface area contributed by atoms with E-state index in [0.29, 0.717) is 28.4 Å². The van der Waals surface area contributed by atoms with Crippen molar-refractivity contribution in [2.24, 2.45) is 0 Å². The van der Waals surface area contributed by atoms with Gasteiger partial charge in [0.15, 0.2) is 0 Å². The molecule has 7 heteroatoms. The fourth-order valence-corrected chi connectivity index (χ4v) is 3.84. The van der Waals surface area contributed by atoms with E-state index in [9.17, 15) is 14.4 Å². The van der Waals surface area contributed by atoms with Gasteiger partial charge in [0, 0.05) is 17.7 Å². The van der Waals surface area contributed by atoms with Crippen molar-refractivity contribution in [3.05, 3.63) is 52.1 Å². The van der Waals surface area contributed by atoms with Crippen molar-refractivity contribution in [1.29, 1.82) is 0 Å². The van der Waals surface area contributed by atoms with Gasteiger partial charge in [-0.2, -0.15) is 0 Å². The zero-order chi connectivity index (χ0) is 20.4. The van der Waals surface area contributed by atoms with Crippen LogP contribution in [0.15, 0.2) is 39.7 Å². The largest absolute Gasteiger partial charge is 0.465 e. The number of aryl methyl sites for hydroxylation is 1. The first-order chi connectivity index (χ1) is 13.3. The maximum Gasteiger partial charge on any atom is 0.337 e. The lowest BCUT2D eigenvalue weighted by molar-refractivity contribution is -0.124. The fraction of sp³-hybridized carbons (Fsp3) is 0.286. The molecule has 1 fully saturated rings. The average Bonchev–Trinajstić information content (AvgIpc) is 3.25. The highest BCUT2D eigenvalue weighted by Crippen LogP contribution is 2.35. The van der Waals surface area contributed by atoms with Gasteiger partial charge in [0.25, 0.3) is 11.1 Å². The summed E-state index contributed by atoms with van der Waals surface area (Å²) in [7, 11) is 1.34. The van der Waals surface area contributed by atoms with Gasteiger partial charge >= 0.3 is 5.97 Å². The minimum absolute atomic E-state index is 0.137. The van der Waals surface area contributed by atoms with Gasteiger partial charge in [0.1, 0.15) is 11.5 Å². The van der Waals surface area contributed by atoms with E-state index in [1.165, 1.54) is 12.0 Å². The number of imide groups is 1. The Labute approximate surface area is 167 Å². The summed E-state index contributed by atoms with van der Waals surface area (Å²) < 4.78 is 10.6. The molecule has 1 atom stereocenters. The van der Waals surface area contributed by atoms with E-state index in [1.54, 1.807) is 36.4 Å². The van der Waals surface area contributed by atoms with Crippen molar-refractivity contribution in [1.82, 2.24) is 4.90 Å². The molecule has 0 spiro atoms. The molecule has 2 amide bonds. The molecule has 0 radical (unpaired) electrons. The molecule has 0 bridgehead atoms. The maximum atomic E-state index is 12.5. The molecular weight excluding hydrogens is 378 g/mol. The SMILES string of the molecule is CC[C@@H](C)N1C(=O)S/C(=C/c2ccc(-c3ccc(C(=O)OC)cc3C)o2)C1=O. The summed E-state index contributed by atoms with van der Waals surface area (Å²) in [6.07, 6.45) is 2.30. The quantitative estimate of drug-likeness (QED) is 0.527. The van der Waals surface area contributed by atoms with Crippen molar-refractivity contribution < 1.29 is 23.5 Å². The van der Waals surface area contributed by atoms with Gasteiger partial charge in [-0.05, 0) is 61.9 Å². The molecule has 0 unspecified atom stereocenters. The van der Waals surface area contributed by atoms with Crippen LogP contribution in [0.1, 0.15) is 41.9 Å². The summed E-state index contributed by atoms with van der Waals surface area (Å²) in [6, 6.07) is 8.61. The molecule has 0 saturated carbocycles. The average molecular weight is 399 g/mol. The van der Waals surface area contributed by atoms with Crippen LogP contribution >= 0.6 is 11.8 Å². The number of ether oxygens (including phenoxy) is 1. The predicted molar refractivity (Wildman–Crippen MR) is 108 cm³/mol. The second kappa shape index (κ2) is 8.06. The zero-order valence-corrected chi connectivity index (χ0v) is 17.0. The lowest BCUT2D eigenvalue weighted by atomic mass is 10.0. The van der Waals surface area contributed by atoms with Crippen molar-refractivity contribution in [3.8, 4) is 11.3 Å². The van der Waals surface area contributed by atoms with Crippen LogP contribution in [0.25, 0.3) is 17.4 Å². The summed E-state index contributed by atoms with van der Waals surface area (Å²) in [6.45, 7) is 5.66. The molecule has 3 rings (SSSR count). The van der Waals surface area contributed by atoms with Crippen LogP contribution in [0.2, 0.25) is 0 Å². The fourth-order valence-electron chi connectivity index (χ4n) is 2.93. The van der Waals surface area contributed by atoms with E-state index in [2.05, 4.69) is 0 Å². The summed E-state index contributed by atoms with van der Waals surface area (Å²) in [4.78, 5) is 37.9. The number of carbonyl (C=O) groups is 3. The van der Waals surface area contributed by atoms with E-state index >= 15 is 0 Å². The van der Waals surface area contributed by atoms with Crippen LogP contribution in [0.5, 0.6) is 0 Å². The third kappa shape index (κ3) is 3.75. The van der Waals surface area contributed by atoms with Gasteiger partial charge in [0.2, 0.25) is 0 Å². The van der Waals surface area contributed by atoms with Gasteiger partial charge in [-0.15, -0.1) is 0 Å². The highest BCUT2D eigenvalue weighted by molar-refractivity contribution is 8.18. The molecule has 1 aromatic carbocycles. The van der Waals surface area contributed by atoms with Crippen LogP contribution < -0.4 is 0 Å². The minimum Gasteiger partial charge on any atom is -0.465 e. The van der Waals surface area contributed by atoms with E-state index < -0.39 is 5.97 Å². The Hall–Kier alpha value is -2.80. The minimum atomic E-state index is -0.396. The normalized spacial score (nSPS) is 16.7. The molecule has 6 nitrogen and oxygen atoms in total. The Kier molecular flexibility index (Phi) is 5.74. The Morgan fingerprint density at radius 1 is 1.29 bits per heavy atom. The molecule has 0 N–H and O–H groups in total. The van der Waals surface area contributed by atoms with Crippen molar-refractivity contribution in [2.75, 3.05) is 7.11 Å². The van der Waals surface area contributed by atoms with Crippen LogP contribution in [-0.4, -0.2) is 35.2 Å². The molecule has 1 saturated heterocycles. The number of carbonyl (C=O) groups excluding carboxylic acids is 3. The van der Waals surface area contributed by atoms with E-state index in [-0.39, 0.29) is 17.2 Å². The Bertz CT molecular complexity index is 975. The lowest BCUT2D eigenvalue weighted by Crippen LogP contribution is -2.36. The molecule has 1 aliphatic rings. The first-order valence-corrected chi connectivity index (χ1v) is 9.73. The second-order valence-electron chi connectivity index (χ2n) is 6.53. The monoisotopic (exact) mass is 399 g/mol. The topological polar surface area (TPSA) is 76.8 Å². The Morgan fingerprint density at radius 2 is 2.04 bits per heavy atom. The number of hydrogen-bond acceptors (Lipinski definition) is 6. The van der Waals surface area contributed by atoms with E-state index in [4.69, 9.17) is 9.15 Å². The number of amides is 2. The molecular formula is C21H21NO5S. The van der Waals surface area contributed by atoms with Crippen LogP contribution in [-0.2, 0) is 9.53 Å².